The molecule has 0 radical (unpaired) electrons. The second kappa shape index (κ2) is 19.9. The van der Waals surface area contributed by atoms with Gasteiger partial charge in [-0.25, -0.2) is 9.97 Å². The SMILES string of the molecule is Cc1ccc(-c2noc(CCl)n2)cc1NC(=O)c1cnc2ccccn12.Cc1ccc(/C(N)=N/O)cc1NC(=O)c1cnc2ccccn12.O=C(CCl)OC(=O)CCl. The van der Waals surface area contributed by atoms with Crippen molar-refractivity contribution in [1.82, 2.24) is 28.9 Å². The van der Waals surface area contributed by atoms with Crippen molar-refractivity contribution in [2.45, 2.75) is 19.7 Å². The number of oxime groups is 1. The van der Waals surface area contributed by atoms with Gasteiger partial charge < -0.3 is 30.8 Å². The number of benzene rings is 2. The van der Waals surface area contributed by atoms with E-state index in [2.05, 4.69) is 40.6 Å². The molecule has 5 heterocycles. The number of pyridine rings is 2. The van der Waals surface area contributed by atoms with Crippen molar-refractivity contribution in [2.24, 2.45) is 10.9 Å². The van der Waals surface area contributed by atoms with Gasteiger partial charge in [0.15, 0.2) is 5.84 Å². The number of hydrogen-bond acceptors (Lipinski definition) is 12. The number of nitrogens with two attached hydrogens (primary N) is 1. The normalized spacial score (nSPS) is 10.9. The Bertz CT molecular complexity index is 2610. The summed E-state index contributed by atoms with van der Waals surface area (Å²) in [5.74, 6) is -1.85. The van der Waals surface area contributed by atoms with E-state index in [0.29, 0.717) is 51.3 Å². The predicted octanol–water partition coefficient (Wildman–Crippen LogP) is 6.21. The number of imidazole rings is 2. The second-order valence-electron chi connectivity index (χ2n) is 11.9. The van der Waals surface area contributed by atoms with Crippen LogP contribution in [0.25, 0.3) is 22.7 Å². The summed E-state index contributed by atoms with van der Waals surface area (Å²) in [5.41, 5.74) is 12.1. The molecular weight excluding hydrogens is 815 g/mol. The fourth-order valence-electron chi connectivity index (χ4n) is 5.05. The van der Waals surface area contributed by atoms with E-state index in [1.165, 1.54) is 6.20 Å². The summed E-state index contributed by atoms with van der Waals surface area (Å²) in [5, 5.41) is 21.4. The topological polar surface area (TPSA) is 234 Å². The average Bonchev–Trinajstić information content (AvgIpc) is 4.01. The third-order valence-corrected chi connectivity index (χ3v) is 8.63. The summed E-state index contributed by atoms with van der Waals surface area (Å²) >= 11 is 15.7. The minimum absolute atomic E-state index is 0.0182. The van der Waals surface area contributed by atoms with Crippen LogP contribution in [0.3, 0.4) is 0 Å². The largest absolute Gasteiger partial charge is 0.409 e. The van der Waals surface area contributed by atoms with Crippen LogP contribution in [-0.2, 0) is 20.2 Å². The van der Waals surface area contributed by atoms with Gasteiger partial charge >= 0.3 is 11.9 Å². The first-order valence-electron chi connectivity index (χ1n) is 16.9. The molecule has 0 aliphatic heterocycles. The van der Waals surface area contributed by atoms with Crippen molar-refractivity contribution in [3.8, 4) is 11.4 Å². The number of hydrogen-bond donors (Lipinski definition) is 4. The van der Waals surface area contributed by atoms with Gasteiger partial charge in [-0.2, -0.15) is 4.98 Å². The van der Waals surface area contributed by atoms with Gasteiger partial charge in [0.25, 0.3) is 11.8 Å². The number of nitrogens with one attached hydrogen (secondary N) is 2. The first kappa shape index (κ1) is 42.3. The van der Waals surface area contributed by atoms with Gasteiger partial charge in [-0.15, -0.1) is 34.8 Å². The molecule has 0 saturated carbocycles. The second-order valence-corrected chi connectivity index (χ2v) is 12.7. The van der Waals surface area contributed by atoms with Crippen molar-refractivity contribution in [2.75, 3.05) is 22.4 Å². The highest BCUT2D eigenvalue weighted by Gasteiger charge is 2.16. The Labute approximate surface area is 344 Å². The van der Waals surface area contributed by atoms with Crippen LogP contribution in [0.4, 0.5) is 11.4 Å². The molecule has 298 valence electrons. The highest BCUT2D eigenvalue weighted by molar-refractivity contribution is 6.29. The molecule has 5 aromatic heterocycles. The lowest BCUT2D eigenvalue weighted by Gasteiger charge is -2.10. The van der Waals surface area contributed by atoms with Crippen LogP contribution in [0.1, 0.15) is 43.6 Å². The monoisotopic (exact) mass is 846 g/mol. The van der Waals surface area contributed by atoms with Crippen LogP contribution in [-0.4, -0.2) is 75.5 Å². The number of amidine groups is 1. The fourth-order valence-corrected chi connectivity index (χ4v) is 5.27. The molecule has 0 aliphatic rings. The number of fused-ring (bicyclic) bond motifs is 2. The first-order chi connectivity index (χ1) is 28.0. The zero-order valence-corrected chi connectivity index (χ0v) is 32.9. The highest BCUT2D eigenvalue weighted by atomic mass is 35.5. The summed E-state index contributed by atoms with van der Waals surface area (Å²) in [7, 11) is 0. The molecule has 0 bridgehead atoms. The fraction of sp³-hybridized carbons (Fsp3) is 0.132. The summed E-state index contributed by atoms with van der Waals surface area (Å²) in [6.07, 6.45) is 6.65. The number of carbonyl (C=O) groups excluding carboxylic acids is 4. The van der Waals surface area contributed by atoms with E-state index in [1.807, 2.05) is 62.4 Å². The number of rotatable bonds is 9. The van der Waals surface area contributed by atoms with E-state index >= 15 is 0 Å². The molecule has 0 atom stereocenters. The predicted molar refractivity (Wildman–Crippen MR) is 217 cm³/mol. The molecule has 7 aromatic rings. The molecular formula is C38H33Cl3N10O7. The molecule has 2 amide bonds. The van der Waals surface area contributed by atoms with Gasteiger partial charge in [-0.1, -0.05) is 46.7 Å². The third kappa shape index (κ3) is 10.5. The number of anilines is 2. The quantitative estimate of drug-likeness (QED) is 0.0242. The van der Waals surface area contributed by atoms with E-state index < -0.39 is 11.9 Å². The third-order valence-electron chi connectivity index (χ3n) is 7.96. The van der Waals surface area contributed by atoms with E-state index in [4.69, 9.17) is 50.3 Å². The number of alkyl halides is 3. The van der Waals surface area contributed by atoms with Gasteiger partial charge in [0.05, 0.1) is 12.4 Å². The Balaban J connectivity index is 0.000000184. The molecule has 0 saturated heterocycles. The number of nitrogens with zero attached hydrogens (tertiary/aromatic N) is 7. The maximum atomic E-state index is 12.7. The Morgan fingerprint density at radius 2 is 1.33 bits per heavy atom. The van der Waals surface area contributed by atoms with E-state index in [9.17, 15) is 19.2 Å². The lowest BCUT2D eigenvalue weighted by molar-refractivity contribution is -0.155. The molecule has 5 N–H and O–H groups in total. The van der Waals surface area contributed by atoms with Crippen LogP contribution in [0.15, 0.2) is 107 Å². The molecule has 2 aromatic carbocycles. The standard InChI is InChI=1S/C18H14ClN5O2.C16H15N5O2.C4H4Cl2O3/c1-11-5-6-12(17-22-16(9-19)26-23-17)8-13(11)21-18(25)14-10-20-15-4-2-3-7-24(14)15;1-10-5-6-11(15(17)20-23)8-12(10)19-16(22)13-9-18-14-4-2-3-7-21(13)14;5-1-3(7)9-4(8)2-6/h2-8,10H,9H2,1H3,(H,21,25);2-9,23H,1H3,(H2,17,20)(H,19,22);1-2H2. The molecule has 0 spiro atoms. The highest BCUT2D eigenvalue weighted by Crippen LogP contribution is 2.25. The number of aryl methyl sites for hydroxylation is 2. The summed E-state index contributed by atoms with van der Waals surface area (Å²) < 4.78 is 12.5. The molecule has 0 aliphatic carbocycles. The van der Waals surface area contributed by atoms with Gasteiger partial charge in [0.1, 0.15) is 40.3 Å². The van der Waals surface area contributed by atoms with Gasteiger partial charge in [0.2, 0.25) is 11.7 Å². The van der Waals surface area contributed by atoms with Gasteiger partial charge in [-0.05, 0) is 61.4 Å². The maximum absolute atomic E-state index is 12.7. The number of aromatic nitrogens is 6. The van der Waals surface area contributed by atoms with Gasteiger partial charge in [0, 0.05) is 34.9 Å². The van der Waals surface area contributed by atoms with Crippen molar-refractivity contribution in [3.63, 3.8) is 0 Å². The number of ether oxygens (including phenoxy) is 1. The summed E-state index contributed by atoms with van der Waals surface area (Å²) in [4.78, 5) is 58.1. The number of esters is 2. The number of halogens is 3. The molecule has 7 rings (SSSR count). The Hall–Kier alpha value is -6.82. The lowest BCUT2D eigenvalue weighted by atomic mass is 10.1. The van der Waals surface area contributed by atoms with Crippen molar-refractivity contribution >= 4 is 87.1 Å². The Morgan fingerprint density at radius 1 is 0.793 bits per heavy atom. The minimum Gasteiger partial charge on any atom is -0.409 e. The van der Waals surface area contributed by atoms with Crippen LogP contribution >= 0.6 is 34.8 Å². The summed E-state index contributed by atoms with van der Waals surface area (Å²) in [6.45, 7) is 3.77. The molecule has 17 nitrogen and oxygen atoms in total. The molecule has 0 fully saturated rings. The molecule has 0 unspecified atom stereocenters. The number of amides is 2. The van der Waals surface area contributed by atoms with Crippen LogP contribution < -0.4 is 16.4 Å². The van der Waals surface area contributed by atoms with E-state index in [1.54, 1.807) is 51.7 Å². The number of carbonyl (C=O) groups is 4. The lowest BCUT2D eigenvalue weighted by Crippen LogP contribution is -2.17. The van der Waals surface area contributed by atoms with Crippen molar-refractivity contribution in [3.05, 3.63) is 132 Å². The van der Waals surface area contributed by atoms with E-state index in [-0.39, 0.29) is 35.3 Å². The first-order valence-corrected chi connectivity index (χ1v) is 18.5. The maximum Gasteiger partial charge on any atom is 0.328 e. The van der Waals surface area contributed by atoms with Crippen LogP contribution in [0.2, 0.25) is 0 Å². The van der Waals surface area contributed by atoms with Crippen molar-refractivity contribution < 1.29 is 33.6 Å². The zero-order chi connectivity index (χ0) is 41.8. The Kier molecular flexibility index (Phi) is 14.5. The van der Waals surface area contributed by atoms with Crippen LogP contribution in [0.5, 0.6) is 0 Å². The smallest absolute Gasteiger partial charge is 0.328 e. The van der Waals surface area contributed by atoms with Crippen LogP contribution in [0, 0.1) is 13.8 Å². The average molecular weight is 848 g/mol. The molecule has 20 heteroatoms. The molecule has 58 heavy (non-hydrogen) atoms. The minimum atomic E-state index is -0.776. The Morgan fingerprint density at radius 3 is 1.83 bits per heavy atom. The summed E-state index contributed by atoms with van der Waals surface area (Å²) in [6, 6.07) is 21.8. The zero-order valence-electron chi connectivity index (χ0n) is 30.6. The van der Waals surface area contributed by atoms with E-state index in [0.717, 1.165) is 16.7 Å². The van der Waals surface area contributed by atoms with Gasteiger partial charge in [-0.3, -0.25) is 28.0 Å². The van der Waals surface area contributed by atoms with Crippen molar-refractivity contribution in [1.29, 1.82) is 0 Å².